The van der Waals surface area contributed by atoms with Crippen LogP contribution in [0.3, 0.4) is 0 Å². The molecule has 2 atom stereocenters. The molecule has 0 aliphatic heterocycles. The minimum atomic E-state index is -1.05. The molecule has 1 N–H and O–H groups in total. The molecule has 2 unspecified atom stereocenters. The van der Waals surface area contributed by atoms with E-state index in [0.717, 1.165) is 16.7 Å². The minimum Gasteiger partial charge on any atom is -0.348 e. The van der Waals surface area contributed by atoms with Crippen molar-refractivity contribution in [1.29, 1.82) is 0 Å². The average molecular weight is 584 g/mol. The van der Waals surface area contributed by atoms with E-state index in [2.05, 4.69) is 15.5 Å². The van der Waals surface area contributed by atoms with Crippen LogP contribution in [0.4, 0.5) is 0 Å². The molecule has 1 amide bonds. The highest BCUT2D eigenvalue weighted by molar-refractivity contribution is 7.14. The third kappa shape index (κ3) is 5.17. The Bertz CT molecular complexity index is 1390. The highest BCUT2D eigenvalue weighted by Crippen LogP contribution is 2.70. The summed E-state index contributed by atoms with van der Waals surface area (Å²) in [7, 11) is 0. The number of hydrogen-bond donors (Lipinski definition) is 1. The lowest BCUT2D eigenvalue weighted by molar-refractivity contribution is 0.0951. The Morgan fingerprint density at radius 1 is 0.914 bits per heavy atom. The Morgan fingerprint density at radius 2 is 1.63 bits per heavy atom. The van der Waals surface area contributed by atoms with Crippen molar-refractivity contribution >= 4 is 75.2 Å². The van der Waals surface area contributed by atoms with Crippen LogP contribution in [-0.4, -0.2) is 20.4 Å². The van der Waals surface area contributed by atoms with Crippen LogP contribution in [0.25, 0.3) is 10.6 Å². The van der Waals surface area contributed by atoms with E-state index >= 15 is 0 Å². The van der Waals surface area contributed by atoms with Crippen molar-refractivity contribution in [1.82, 2.24) is 15.5 Å². The van der Waals surface area contributed by atoms with Crippen molar-refractivity contribution in [3.8, 4) is 10.6 Å². The first kappa shape index (κ1) is 24.8. The van der Waals surface area contributed by atoms with E-state index in [4.69, 9.17) is 58.0 Å². The summed E-state index contributed by atoms with van der Waals surface area (Å²) in [5, 5.41) is 14.3. The summed E-state index contributed by atoms with van der Waals surface area (Å²) in [4.78, 5) is 12.8. The number of nitrogens with zero attached hydrogens (tertiary/aromatic N) is 2. The first-order valence-corrected chi connectivity index (χ1v) is 13.2. The number of halogens is 5. The summed E-state index contributed by atoms with van der Waals surface area (Å²) in [6, 6.07) is 20.1. The number of amides is 1. The van der Waals surface area contributed by atoms with Crippen LogP contribution in [0.5, 0.6) is 0 Å². The van der Waals surface area contributed by atoms with E-state index in [-0.39, 0.29) is 17.7 Å². The van der Waals surface area contributed by atoms with Crippen LogP contribution >= 0.6 is 69.3 Å². The van der Waals surface area contributed by atoms with Gasteiger partial charge in [0.05, 0.1) is 16.5 Å². The van der Waals surface area contributed by atoms with Crippen LogP contribution in [0.1, 0.15) is 38.3 Å². The normalized spacial score (nSPS) is 18.3. The molecule has 1 aliphatic carbocycles. The number of hydrogen-bond acceptors (Lipinski definition) is 4. The van der Waals surface area contributed by atoms with Crippen molar-refractivity contribution in [2.75, 3.05) is 0 Å². The standard InChI is InChI=1S/C25H16Cl5N3OS/c26-16-8-15(9-17(27)11-16)20-21(25(20,29)30)24-33-32-23(35-24)14-6-7-19(28)18(10-14)22(34)31-12-13-4-2-1-3-5-13/h1-11,20-21H,12H2,(H,31,34). The predicted octanol–water partition coefficient (Wildman–Crippen LogP) is 8.15. The third-order valence-electron chi connectivity index (χ3n) is 5.76. The maximum Gasteiger partial charge on any atom is 0.253 e. The lowest BCUT2D eigenvalue weighted by atomic mass is 10.1. The molecule has 5 rings (SSSR count). The molecule has 35 heavy (non-hydrogen) atoms. The van der Waals surface area contributed by atoms with Crippen LogP contribution in [0.15, 0.2) is 66.7 Å². The number of benzene rings is 3. The molecule has 1 saturated carbocycles. The number of nitrogens with one attached hydrogen (secondary N) is 1. The summed E-state index contributed by atoms with van der Waals surface area (Å²) in [6.45, 7) is 0.396. The molecular formula is C25H16Cl5N3OS. The molecule has 1 aromatic heterocycles. The molecule has 1 aliphatic rings. The second kappa shape index (κ2) is 9.89. The maximum absolute atomic E-state index is 12.8. The van der Waals surface area contributed by atoms with Gasteiger partial charge in [-0.3, -0.25) is 4.79 Å². The molecule has 4 aromatic rings. The summed E-state index contributed by atoms with van der Waals surface area (Å²) < 4.78 is -1.05. The lowest BCUT2D eigenvalue weighted by Crippen LogP contribution is -2.23. The molecule has 1 heterocycles. The fraction of sp³-hybridized carbons (Fsp3) is 0.160. The van der Waals surface area contributed by atoms with E-state index in [1.807, 2.05) is 30.3 Å². The van der Waals surface area contributed by atoms with Crippen LogP contribution in [-0.2, 0) is 6.54 Å². The average Bonchev–Trinajstić information content (AvgIpc) is 3.14. The van der Waals surface area contributed by atoms with Gasteiger partial charge >= 0.3 is 0 Å². The molecular weight excluding hydrogens is 568 g/mol. The fourth-order valence-electron chi connectivity index (χ4n) is 3.99. The van der Waals surface area contributed by atoms with E-state index in [0.29, 0.717) is 37.2 Å². The Kier molecular flexibility index (Phi) is 7.01. The van der Waals surface area contributed by atoms with E-state index in [1.165, 1.54) is 11.3 Å². The van der Waals surface area contributed by atoms with Gasteiger partial charge in [-0.15, -0.1) is 33.4 Å². The summed E-state index contributed by atoms with van der Waals surface area (Å²) in [5.74, 6) is -0.744. The van der Waals surface area contributed by atoms with Gasteiger partial charge in [-0.05, 0) is 41.5 Å². The first-order valence-electron chi connectivity index (χ1n) is 10.5. The molecule has 0 bridgehead atoms. The van der Waals surface area contributed by atoms with Crippen LogP contribution < -0.4 is 5.32 Å². The van der Waals surface area contributed by atoms with Crippen molar-refractivity contribution in [3.63, 3.8) is 0 Å². The summed E-state index contributed by atoms with van der Waals surface area (Å²) in [6.07, 6.45) is 0. The highest BCUT2D eigenvalue weighted by atomic mass is 35.5. The molecule has 0 saturated heterocycles. The van der Waals surface area contributed by atoms with E-state index in [9.17, 15) is 4.79 Å². The van der Waals surface area contributed by atoms with Crippen LogP contribution in [0, 0.1) is 0 Å². The molecule has 1 fully saturated rings. The minimum absolute atomic E-state index is 0.215. The third-order valence-corrected chi connectivity index (χ3v) is 8.52. The second-order valence-corrected chi connectivity index (χ2v) is 11.9. The van der Waals surface area contributed by atoms with Gasteiger partial charge < -0.3 is 5.32 Å². The molecule has 0 spiro atoms. The predicted molar refractivity (Wildman–Crippen MR) is 144 cm³/mol. The summed E-state index contributed by atoms with van der Waals surface area (Å²) in [5.41, 5.74) is 2.92. The highest BCUT2D eigenvalue weighted by Gasteiger charge is 2.66. The van der Waals surface area contributed by atoms with Crippen molar-refractivity contribution in [2.45, 2.75) is 22.7 Å². The zero-order valence-corrected chi connectivity index (χ0v) is 22.4. The fourth-order valence-corrected chi connectivity index (χ4v) is 6.75. The quantitative estimate of drug-likeness (QED) is 0.233. The van der Waals surface area contributed by atoms with Crippen molar-refractivity contribution < 1.29 is 4.79 Å². The largest absolute Gasteiger partial charge is 0.348 e. The zero-order chi connectivity index (χ0) is 24.7. The van der Waals surface area contributed by atoms with Gasteiger partial charge in [-0.25, -0.2) is 0 Å². The monoisotopic (exact) mass is 581 g/mol. The van der Waals surface area contributed by atoms with E-state index < -0.39 is 4.33 Å². The Labute approximate surface area is 231 Å². The van der Waals surface area contributed by atoms with Gasteiger partial charge in [0.15, 0.2) is 0 Å². The lowest BCUT2D eigenvalue weighted by Gasteiger charge is -2.08. The molecule has 0 radical (unpaired) electrons. The molecule has 178 valence electrons. The SMILES string of the molecule is O=C(NCc1ccccc1)c1cc(-c2nnc(C3C(c4cc(Cl)cc(Cl)c4)C3(Cl)Cl)s2)ccc1Cl. The molecule has 4 nitrogen and oxygen atoms in total. The number of alkyl halides is 2. The Morgan fingerprint density at radius 3 is 2.34 bits per heavy atom. The number of carbonyl (C=O) groups is 1. The van der Waals surface area contributed by atoms with Crippen molar-refractivity contribution in [3.05, 3.63) is 103 Å². The van der Waals surface area contributed by atoms with Gasteiger partial charge in [-0.2, -0.15) is 0 Å². The maximum atomic E-state index is 12.8. The smallest absolute Gasteiger partial charge is 0.253 e. The first-order chi connectivity index (χ1) is 16.7. The number of carbonyl (C=O) groups excluding carboxylic acids is 1. The molecule has 3 aromatic carbocycles. The number of rotatable bonds is 6. The van der Waals surface area contributed by atoms with Gasteiger partial charge in [0.25, 0.3) is 5.91 Å². The molecule has 10 heteroatoms. The topological polar surface area (TPSA) is 54.9 Å². The zero-order valence-electron chi connectivity index (χ0n) is 17.8. The number of aromatic nitrogens is 2. The Hall–Kier alpha value is -1.86. The summed E-state index contributed by atoms with van der Waals surface area (Å²) >= 11 is 33.3. The Balaban J connectivity index is 1.36. The van der Waals surface area contributed by atoms with Gasteiger partial charge in [0.1, 0.15) is 14.3 Å². The van der Waals surface area contributed by atoms with Crippen molar-refractivity contribution in [2.24, 2.45) is 0 Å². The van der Waals surface area contributed by atoms with Gasteiger partial charge in [-0.1, -0.05) is 82.5 Å². The van der Waals surface area contributed by atoms with Gasteiger partial charge in [0.2, 0.25) is 0 Å². The van der Waals surface area contributed by atoms with Gasteiger partial charge in [0, 0.05) is 28.1 Å². The van der Waals surface area contributed by atoms with Crippen LogP contribution in [0.2, 0.25) is 15.1 Å². The van der Waals surface area contributed by atoms with E-state index in [1.54, 1.807) is 36.4 Å². The second-order valence-electron chi connectivity index (χ2n) is 8.14.